The van der Waals surface area contributed by atoms with E-state index in [4.69, 9.17) is 0 Å². The number of anilines is 1. The summed E-state index contributed by atoms with van der Waals surface area (Å²) in [6.45, 7) is 9.49. The number of rotatable bonds is 13. The lowest BCUT2D eigenvalue weighted by Gasteiger charge is -2.34. The number of benzene rings is 3. The first-order valence-corrected chi connectivity index (χ1v) is 15.3. The summed E-state index contributed by atoms with van der Waals surface area (Å²) < 4.78 is 29.0. The van der Waals surface area contributed by atoms with Crippen LogP contribution in [0, 0.1) is 13.8 Å². The lowest BCUT2D eigenvalue weighted by molar-refractivity contribution is -0.139. The molecule has 0 aliphatic rings. The molecule has 0 spiro atoms. The molecule has 0 unspecified atom stereocenters. The zero-order valence-electron chi connectivity index (χ0n) is 24.1. The van der Waals surface area contributed by atoms with Crippen LogP contribution < -0.4 is 9.62 Å². The quantitative estimate of drug-likeness (QED) is 0.307. The smallest absolute Gasteiger partial charge is 0.264 e. The van der Waals surface area contributed by atoms with Gasteiger partial charge in [-0.2, -0.15) is 0 Å². The number of sulfonamides is 1. The third-order valence-corrected chi connectivity index (χ3v) is 9.05. The predicted octanol–water partition coefficient (Wildman–Crippen LogP) is 5.26. The summed E-state index contributed by atoms with van der Waals surface area (Å²) in [5.41, 5.74) is 3.36. The van der Waals surface area contributed by atoms with Gasteiger partial charge in [-0.3, -0.25) is 13.9 Å². The summed E-state index contributed by atoms with van der Waals surface area (Å²) in [6, 6.07) is 22.4. The second-order valence-electron chi connectivity index (χ2n) is 10.2. The molecule has 0 aliphatic heterocycles. The molecule has 0 fully saturated rings. The molecule has 0 saturated carbocycles. The van der Waals surface area contributed by atoms with Crippen LogP contribution in [0.4, 0.5) is 5.69 Å². The fraction of sp³-hybridized carbons (Fsp3) is 0.375. The van der Waals surface area contributed by atoms with Crippen LogP contribution in [0.1, 0.15) is 50.3 Å². The zero-order chi connectivity index (χ0) is 29.3. The summed E-state index contributed by atoms with van der Waals surface area (Å²) in [6.07, 6.45) is 1.70. The molecule has 3 aromatic rings. The number of carbonyl (C=O) groups is 2. The first kappa shape index (κ1) is 30.9. The minimum atomic E-state index is -4.07. The van der Waals surface area contributed by atoms with Crippen LogP contribution in [0.5, 0.6) is 0 Å². The van der Waals surface area contributed by atoms with E-state index < -0.39 is 28.5 Å². The van der Waals surface area contributed by atoms with Gasteiger partial charge >= 0.3 is 0 Å². The molecule has 40 heavy (non-hydrogen) atoms. The van der Waals surface area contributed by atoms with Crippen molar-refractivity contribution in [2.45, 2.75) is 70.9 Å². The van der Waals surface area contributed by atoms with Crippen LogP contribution in [0.25, 0.3) is 0 Å². The minimum Gasteiger partial charge on any atom is -0.352 e. The number of nitrogens with one attached hydrogen (secondary N) is 1. The van der Waals surface area contributed by atoms with Crippen molar-refractivity contribution >= 4 is 27.5 Å². The predicted molar refractivity (Wildman–Crippen MR) is 161 cm³/mol. The largest absolute Gasteiger partial charge is 0.352 e. The van der Waals surface area contributed by atoms with Crippen molar-refractivity contribution in [2.75, 3.05) is 17.4 Å². The third-order valence-electron chi connectivity index (χ3n) is 7.26. The maximum absolute atomic E-state index is 14.1. The Morgan fingerprint density at radius 2 is 1.48 bits per heavy atom. The van der Waals surface area contributed by atoms with E-state index in [1.54, 1.807) is 35.2 Å². The van der Waals surface area contributed by atoms with Crippen molar-refractivity contribution < 1.29 is 18.0 Å². The van der Waals surface area contributed by atoms with E-state index in [-0.39, 0.29) is 23.4 Å². The average molecular weight is 564 g/mol. The van der Waals surface area contributed by atoms with E-state index in [0.29, 0.717) is 18.5 Å². The summed E-state index contributed by atoms with van der Waals surface area (Å²) in [4.78, 5) is 29.0. The van der Waals surface area contributed by atoms with Crippen LogP contribution in [-0.4, -0.2) is 50.3 Å². The first-order valence-electron chi connectivity index (χ1n) is 13.9. The van der Waals surface area contributed by atoms with Gasteiger partial charge in [0.05, 0.1) is 10.6 Å². The molecular formula is C32H41N3O4S. The summed E-state index contributed by atoms with van der Waals surface area (Å²) >= 11 is 0. The van der Waals surface area contributed by atoms with Gasteiger partial charge in [0.15, 0.2) is 0 Å². The number of hydrogen-bond donors (Lipinski definition) is 1. The van der Waals surface area contributed by atoms with Gasteiger partial charge in [0.2, 0.25) is 11.8 Å². The standard InChI is InChI=1S/C32H41N3O4S/c1-6-26(5)33-32(37)30(7-2)34(21-20-27-14-10-8-11-15-27)31(36)23-35(28-19-18-24(3)25(4)22-28)40(38,39)29-16-12-9-13-17-29/h8-19,22,26,30H,6-7,20-21,23H2,1-5H3,(H,33,37)/t26-,30+/m1/s1. The molecule has 2 atom stereocenters. The van der Waals surface area contributed by atoms with Crippen molar-refractivity contribution in [2.24, 2.45) is 0 Å². The van der Waals surface area contributed by atoms with Gasteiger partial charge in [-0.05, 0) is 81.0 Å². The van der Waals surface area contributed by atoms with Gasteiger partial charge in [-0.25, -0.2) is 8.42 Å². The highest BCUT2D eigenvalue weighted by atomic mass is 32.2. The highest BCUT2D eigenvalue weighted by molar-refractivity contribution is 7.92. The van der Waals surface area contributed by atoms with Crippen molar-refractivity contribution in [3.63, 3.8) is 0 Å². The average Bonchev–Trinajstić information content (AvgIpc) is 2.96. The molecular weight excluding hydrogens is 522 g/mol. The van der Waals surface area contributed by atoms with Crippen molar-refractivity contribution in [3.8, 4) is 0 Å². The Hall–Kier alpha value is -3.65. The van der Waals surface area contributed by atoms with Gasteiger partial charge in [-0.15, -0.1) is 0 Å². The van der Waals surface area contributed by atoms with Gasteiger partial charge < -0.3 is 10.2 Å². The zero-order valence-corrected chi connectivity index (χ0v) is 24.9. The molecule has 0 bridgehead atoms. The molecule has 0 aromatic heterocycles. The van der Waals surface area contributed by atoms with E-state index in [2.05, 4.69) is 5.32 Å². The Morgan fingerprint density at radius 1 is 0.850 bits per heavy atom. The van der Waals surface area contributed by atoms with E-state index >= 15 is 0 Å². The lowest BCUT2D eigenvalue weighted by Crippen LogP contribution is -2.54. The molecule has 8 heteroatoms. The molecule has 0 aliphatic carbocycles. The molecule has 0 heterocycles. The fourth-order valence-corrected chi connectivity index (χ4v) is 5.89. The topological polar surface area (TPSA) is 86.8 Å². The van der Waals surface area contributed by atoms with Crippen molar-refractivity contribution in [1.82, 2.24) is 10.2 Å². The normalized spacial score (nSPS) is 12.8. The second kappa shape index (κ2) is 14.1. The maximum atomic E-state index is 14.1. The first-order chi connectivity index (χ1) is 19.1. The summed E-state index contributed by atoms with van der Waals surface area (Å²) in [5.74, 6) is -0.665. The van der Waals surface area contributed by atoms with Gasteiger partial charge in [0.1, 0.15) is 12.6 Å². The minimum absolute atomic E-state index is 0.0434. The van der Waals surface area contributed by atoms with Gasteiger partial charge in [0, 0.05) is 12.6 Å². The van der Waals surface area contributed by atoms with Crippen LogP contribution in [0.3, 0.4) is 0 Å². The molecule has 1 N–H and O–H groups in total. The van der Waals surface area contributed by atoms with Gasteiger partial charge in [-0.1, -0.05) is 68.4 Å². The fourth-order valence-electron chi connectivity index (χ4n) is 4.47. The SMILES string of the molecule is CC[C@@H](C)NC(=O)[C@H](CC)N(CCc1ccccc1)C(=O)CN(c1ccc(C)c(C)c1)S(=O)(=O)c1ccccc1. The molecule has 7 nitrogen and oxygen atoms in total. The molecule has 0 radical (unpaired) electrons. The Bertz CT molecular complexity index is 1380. The van der Waals surface area contributed by atoms with Crippen LogP contribution in [0.15, 0.2) is 83.8 Å². The Morgan fingerprint density at radius 3 is 2.05 bits per heavy atom. The maximum Gasteiger partial charge on any atom is 0.264 e. The Labute approximate surface area is 239 Å². The summed E-state index contributed by atoms with van der Waals surface area (Å²) in [5, 5.41) is 3.00. The highest BCUT2D eigenvalue weighted by Gasteiger charge is 2.33. The van der Waals surface area contributed by atoms with Crippen LogP contribution in [0.2, 0.25) is 0 Å². The Kier molecular flexibility index (Phi) is 10.9. The number of hydrogen-bond acceptors (Lipinski definition) is 4. The van der Waals surface area contributed by atoms with Crippen molar-refractivity contribution in [1.29, 1.82) is 0 Å². The van der Waals surface area contributed by atoms with E-state index in [0.717, 1.165) is 27.4 Å². The Balaban J connectivity index is 2.02. The second-order valence-corrected chi connectivity index (χ2v) is 12.0. The van der Waals surface area contributed by atoms with E-state index in [1.165, 1.54) is 12.1 Å². The number of aryl methyl sites for hydroxylation is 2. The van der Waals surface area contributed by atoms with Crippen LogP contribution >= 0.6 is 0 Å². The van der Waals surface area contributed by atoms with E-state index in [9.17, 15) is 18.0 Å². The van der Waals surface area contributed by atoms with Gasteiger partial charge in [0.25, 0.3) is 10.0 Å². The molecule has 3 rings (SSSR count). The number of amides is 2. The molecule has 214 valence electrons. The number of carbonyl (C=O) groups excluding carboxylic acids is 2. The highest BCUT2D eigenvalue weighted by Crippen LogP contribution is 2.26. The van der Waals surface area contributed by atoms with Crippen molar-refractivity contribution in [3.05, 3.63) is 95.6 Å². The molecule has 3 aromatic carbocycles. The summed E-state index contributed by atoms with van der Waals surface area (Å²) in [7, 11) is -4.07. The molecule has 0 saturated heterocycles. The van der Waals surface area contributed by atoms with E-state index in [1.807, 2.05) is 71.0 Å². The molecule has 2 amide bonds. The lowest BCUT2D eigenvalue weighted by atomic mass is 10.1. The monoisotopic (exact) mass is 563 g/mol. The van der Waals surface area contributed by atoms with Crippen LogP contribution in [-0.2, 0) is 26.0 Å². The third kappa shape index (κ3) is 7.72. The number of nitrogens with zero attached hydrogens (tertiary/aromatic N) is 2.